The molecule has 138 valence electrons. The largest absolute Gasteiger partial charge is 0.373 e. The molecule has 2 aliphatic rings. The summed E-state index contributed by atoms with van der Waals surface area (Å²) in [7, 11) is 2.08. The van der Waals surface area contributed by atoms with Crippen molar-refractivity contribution >= 4 is 17.3 Å². The van der Waals surface area contributed by atoms with Crippen LogP contribution in [0.4, 0.5) is 11.4 Å². The Morgan fingerprint density at radius 3 is 2.65 bits per heavy atom. The van der Waals surface area contributed by atoms with Crippen LogP contribution in [0.2, 0.25) is 0 Å². The third-order valence-corrected chi connectivity index (χ3v) is 5.32. The predicted octanol–water partition coefficient (Wildman–Crippen LogP) is 1.94. The molecule has 1 saturated heterocycles. The molecular weight excluding hydrogens is 328 g/mol. The topological polar surface area (TPSA) is 66.3 Å². The predicted molar refractivity (Wildman–Crippen MR) is 102 cm³/mol. The van der Waals surface area contributed by atoms with Crippen LogP contribution >= 0.6 is 0 Å². The molecule has 2 aromatic rings. The van der Waals surface area contributed by atoms with Crippen molar-refractivity contribution in [2.24, 2.45) is 5.92 Å². The average Bonchev–Trinajstić information content (AvgIpc) is 3.12. The van der Waals surface area contributed by atoms with E-state index in [0.29, 0.717) is 24.2 Å². The first kappa shape index (κ1) is 17.0. The zero-order valence-corrected chi connectivity index (χ0v) is 15.4. The lowest BCUT2D eigenvalue weighted by atomic mass is 10.1. The molecule has 0 saturated carbocycles. The van der Waals surface area contributed by atoms with Crippen LogP contribution in [-0.2, 0) is 0 Å². The van der Waals surface area contributed by atoms with Crippen LogP contribution in [-0.4, -0.2) is 54.1 Å². The minimum atomic E-state index is -0.0696. The Hall–Kier alpha value is -2.41. The van der Waals surface area contributed by atoms with Gasteiger partial charge in [0.25, 0.3) is 5.91 Å². The zero-order chi connectivity index (χ0) is 18.1. The highest BCUT2D eigenvalue weighted by molar-refractivity contribution is 6.06. The van der Waals surface area contributed by atoms with E-state index in [1.807, 2.05) is 34.0 Å². The van der Waals surface area contributed by atoms with Crippen LogP contribution in [0.15, 0.2) is 30.5 Å². The van der Waals surface area contributed by atoms with E-state index >= 15 is 0 Å². The average molecular weight is 354 g/mol. The Bertz CT molecular complexity index is 782. The Morgan fingerprint density at radius 1 is 1.15 bits per heavy atom. The lowest BCUT2D eigenvalue weighted by Crippen LogP contribution is -2.35. The lowest BCUT2D eigenvalue weighted by Gasteiger charge is -2.24. The number of hydrogen-bond acceptors (Lipinski definition) is 5. The van der Waals surface area contributed by atoms with Crippen LogP contribution in [0.5, 0.6) is 0 Å². The molecule has 3 heterocycles. The van der Waals surface area contributed by atoms with Gasteiger partial charge in [-0.1, -0.05) is 24.3 Å². The number of carbonyl (C=O) groups excluding carboxylic acids is 1. The first-order valence-electron chi connectivity index (χ1n) is 9.38. The maximum Gasteiger partial charge on any atom is 0.280 e. The fourth-order valence-electron chi connectivity index (χ4n) is 4.00. The van der Waals surface area contributed by atoms with Crippen molar-refractivity contribution in [3.05, 3.63) is 36.2 Å². The number of para-hydroxylation sites is 2. The fourth-order valence-corrected chi connectivity index (χ4v) is 4.00. The van der Waals surface area contributed by atoms with E-state index < -0.39 is 0 Å². The molecule has 1 amide bonds. The molecule has 7 nitrogen and oxygen atoms in total. The maximum atomic E-state index is 13.2. The molecule has 1 fully saturated rings. The van der Waals surface area contributed by atoms with E-state index in [9.17, 15) is 4.79 Å². The van der Waals surface area contributed by atoms with Gasteiger partial charge in [-0.15, -0.1) is 5.10 Å². The minimum absolute atomic E-state index is 0.0696. The van der Waals surface area contributed by atoms with Gasteiger partial charge in [-0.2, -0.15) is 0 Å². The van der Waals surface area contributed by atoms with Gasteiger partial charge in [-0.05, 0) is 44.0 Å². The SMILES string of the molecule is C[C@H]1CN(C)c2ccccc2N(C(=O)c2cn(C3CCNCC3)nn2)C1. The third kappa shape index (κ3) is 3.19. The van der Waals surface area contributed by atoms with Gasteiger partial charge in [0.2, 0.25) is 0 Å². The van der Waals surface area contributed by atoms with Gasteiger partial charge < -0.3 is 15.1 Å². The number of carbonyl (C=O) groups is 1. The Kier molecular flexibility index (Phi) is 4.63. The number of piperidine rings is 1. The summed E-state index contributed by atoms with van der Waals surface area (Å²) in [5, 5.41) is 11.8. The normalized spacial score (nSPS) is 21.4. The second-order valence-electron chi connectivity index (χ2n) is 7.46. The monoisotopic (exact) mass is 354 g/mol. The summed E-state index contributed by atoms with van der Waals surface area (Å²) in [5.41, 5.74) is 2.45. The molecule has 0 radical (unpaired) electrons. The van der Waals surface area contributed by atoms with Crippen molar-refractivity contribution in [2.45, 2.75) is 25.8 Å². The molecule has 7 heteroatoms. The lowest BCUT2D eigenvalue weighted by molar-refractivity contribution is 0.0979. The number of rotatable bonds is 2. The molecular formula is C19H26N6O. The summed E-state index contributed by atoms with van der Waals surface area (Å²) in [4.78, 5) is 17.3. The van der Waals surface area contributed by atoms with E-state index in [4.69, 9.17) is 0 Å². The summed E-state index contributed by atoms with van der Waals surface area (Å²) in [6, 6.07) is 8.40. The van der Waals surface area contributed by atoms with Gasteiger partial charge in [-0.25, -0.2) is 4.68 Å². The summed E-state index contributed by atoms with van der Waals surface area (Å²) >= 11 is 0. The maximum absolute atomic E-state index is 13.2. The Balaban J connectivity index is 1.63. The van der Waals surface area contributed by atoms with Crippen LogP contribution in [0, 0.1) is 5.92 Å². The summed E-state index contributed by atoms with van der Waals surface area (Å²) in [6.45, 7) is 5.74. The van der Waals surface area contributed by atoms with E-state index in [1.54, 1.807) is 0 Å². The Labute approximate surface area is 154 Å². The first-order valence-corrected chi connectivity index (χ1v) is 9.38. The number of benzene rings is 1. The third-order valence-electron chi connectivity index (χ3n) is 5.32. The van der Waals surface area contributed by atoms with Crippen LogP contribution < -0.4 is 15.1 Å². The molecule has 0 unspecified atom stereocenters. The number of hydrogen-bond donors (Lipinski definition) is 1. The highest BCUT2D eigenvalue weighted by Crippen LogP contribution is 2.33. The number of nitrogens with one attached hydrogen (secondary N) is 1. The molecule has 0 aliphatic carbocycles. The highest BCUT2D eigenvalue weighted by Gasteiger charge is 2.29. The van der Waals surface area contributed by atoms with Crippen molar-refractivity contribution in [3.8, 4) is 0 Å². The van der Waals surface area contributed by atoms with Gasteiger partial charge in [0.1, 0.15) is 0 Å². The molecule has 0 bridgehead atoms. The standard InChI is InChI=1S/C19H26N6O/c1-14-11-23(2)17-5-3-4-6-18(17)24(12-14)19(26)16-13-25(22-21-16)15-7-9-20-10-8-15/h3-6,13-15,20H,7-12H2,1-2H3/t14-/m0/s1. The van der Waals surface area contributed by atoms with Gasteiger partial charge in [0, 0.05) is 20.1 Å². The van der Waals surface area contributed by atoms with Crippen LogP contribution in [0.25, 0.3) is 0 Å². The summed E-state index contributed by atoms with van der Waals surface area (Å²) < 4.78 is 1.87. The quantitative estimate of drug-likeness (QED) is 0.893. The smallest absolute Gasteiger partial charge is 0.280 e. The molecule has 1 atom stereocenters. The van der Waals surface area contributed by atoms with E-state index in [1.165, 1.54) is 0 Å². The summed E-state index contributed by atoms with van der Waals surface area (Å²) in [5.74, 6) is 0.301. The van der Waals surface area contributed by atoms with E-state index in [-0.39, 0.29) is 5.91 Å². The number of nitrogens with zero attached hydrogens (tertiary/aromatic N) is 5. The van der Waals surface area contributed by atoms with Gasteiger partial charge in [0.15, 0.2) is 5.69 Å². The molecule has 26 heavy (non-hydrogen) atoms. The van der Waals surface area contributed by atoms with Gasteiger partial charge in [0.05, 0.1) is 23.6 Å². The summed E-state index contributed by atoms with van der Waals surface area (Å²) in [6.07, 6.45) is 3.86. The van der Waals surface area contributed by atoms with Crippen LogP contribution in [0.1, 0.15) is 36.3 Å². The zero-order valence-electron chi connectivity index (χ0n) is 15.4. The fraction of sp³-hybridized carbons (Fsp3) is 0.526. The second-order valence-corrected chi connectivity index (χ2v) is 7.46. The highest BCUT2D eigenvalue weighted by atomic mass is 16.2. The number of amides is 1. The van der Waals surface area contributed by atoms with Gasteiger partial charge in [-0.3, -0.25) is 4.79 Å². The van der Waals surface area contributed by atoms with Crippen molar-refractivity contribution in [1.82, 2.24) is 20.3 Å². The van der Waals surface area contributed by atoms with Crippen molar-refractivity contribution < 1.29 is 4.79 Å². The first-order chi connectivity index (χ1) is 12.6. The minimum Gasteiger partial charge on any atom is -0.373 e. The molecule has 4 rings (SSSR count). The number of aromatic nitrogens is 3. The molecule has 1 aromatic heterocycles. The van der Waals surface area contributed by atoms with E-state index in [0.717, 1.165) is 43.9 Å². The van der Waals surface area contributed by atoms with Gasteiger partial charge >= 0.3 is 0 Å². The van der Waals surface area contributed by atoms with Crippen molar-refractivity contribution in [1.29, 1.82) is 0 Å². The Morgan fingerprint density at radius 2 is 1.88 bits per heavy atom. The van der Waals surface area contributed by atoms with E-state index in [2.05, 4.69) is 40.6 Å². The molecule has 1 aromatic carbocycles. The number of fused-ring (bicyclic) bond motifs is 1. The molecule has 2 aliphatic heterocycles. The molecule has 0 spiro atoms. The number of anilines is 2. The van der Waals surface area contributed by atoms with Crippen molar-refractivity contribution in [2.75, 3.05) is 43.0 Å². The van der Waals surface area contributed by atoms with Crippen LogP contribution in [0.3, 0.4) is 0 Å². The molecule has 1 N–H and O–H groups in total. The van der Waals surface area contributed by atoms with Crippen molar-refractivity contribution in [3.63, 3.8) is 0 Å². The second kappa shape index (κ2) is 7.07.